The number of fused-ring (bicyclic) bond motifs is 1. The Balaban J connectivity index is 2.19. The third kappa shape index (κ3) is 1.56. The van der Waals surface area contributed by atoms with Crippen LogP contribution in [0, 0.1) is 5.82 Å². The van der Waals surface area contributed by atoms with Gasteiger partial charge in [0.25, 0.3) is 0 Å². The molecular weight excluding hydrogens is 217 g/mol. The highest BCUT2D eigenvalue weighted by Gasteiger charge is 2.22. The van der Waals surface area contributed by atoms with Crippen LogP contribution < -0.4 is 5.73 Å². The lowest BCUT2D eigenvalue weighted by Gasteiger charge is -2.01. The van der Waals surface area contributed by atoms with Gasteiger partial charge in [0.1, 0.15) is 11.6 Å². The topological polar surface area (TPSA) is 43.8 Å². The van der Waals surface area contributed by atoms with Crippen molar-refractivity contribution in [3.05, 3.63) is 41.6 Å². The lowest BCUT2D eigenvalue weighted by molar-refractivity contribution is 0.630. The number of rotatable bonds is 2. The fourth-order valence-corrected chi connectivity index (χ4v) is 2.48. The summed E-state index contributed by atoms with van der Waals surface area (Å²) in [6.07, 6.45) is 2.04. The molecule has 2 heterocycles. The number of imidazole rings is 1. The molecule has 0 atom stereocenters. The number of hydrogen-bond acceptors (Lipinski definition) is 2. The average Bonchev–Trinajstić information content (AvgIpc) is 2.91. The summed E-state index contributed by atoms with van der Waals surface area (Å²) in [5.41, 5.74) is 8.14. The number of aromatic nitrogens is 2. The van der Waals surface area contributed by atoms with E-state index in [4.69, 9.17) is 5.73 Å². The molecule has 1 aliphatic rings. The molecule has 2 N–H and O–H groups in total. The lowest BCUT2D eigenvalue weighted by Crippen LogP contribution is -2.06. The third-order valence-electron chi connectivity index (χ3n) is 3.26. The quantitative estimate of drug-likeness (QED) is 0.860. The molecule has 0 aliphatic carbocycles. The van der Waals surface area contributed by atoms with Gasteiger partial charge in [0.05, 0.1) is 12.2 Å². The molecule has 17 heavy (non-hydrogen) atoms. The first-order chi connectivity index (χ1) is 8.31. The van der Waals surface area contributed by atoms with Crippen molar-refractivity contribution in [2.45, 2.75) is 25.9 Å². The zero-order valence-electron chi connectivity index (χ0n) is 9.49. The molecule has 3 rings (SSSR count). The normalized spacial score (nSPS) is 14.0. The van der Waals surface area contributed by atoms with E-state index in [1.807, 2.05) is 6.07 Å². The van der Waals surface area contributed by atoms with E-state index in [0.29, 0.717) is 12.1 Å². The Hall–Kier alpha value is -1.68. The van der Waals surface area contributed by atoms with E-state index in [1.165, 1.54) is 6.07 Å². The largest absolute Gasteiger partial charge is 0.330 e. The maximum absolute atomic E-state index is 13.8. The van der Waals surface area contributed by atoms with Crippen LogP contribution in [0.2, 0.25) is 0 Å². The zero-order valence-corrected chi connectivity index (χ0v) is 9.49. The molecule has 88 valence electrons. The minimum atomic E-state index is -0.219. The first kappa shape index (κ1) is 10.5. The minimum Gasteiger partial charge on any atom is -0.330 e. The van der Waals surface area contributed by atoms with Gasteiger partial charge in [-0.2, -0.15) is 0 Å². The summed E-state index contributed by atoms with van der Waals surface area (Å²) in [6.45, 7) is 1.35. The first-order valence-corrected chi connectivity index (χ1v) is 5.84. The van der Waals surface area contributed by atoms with E-state index in [0.717, 1.165) is 36.6 Å². The van der Waals surface area contributed by atoms with E-state index in [1.54, 1.807) is 12.1 Å². The van der Waals surface area contributed by atoms with Gasteiger partial charge in [-0.15, -0.1) is 0 Å². The molecule has 0 saturated heterocycles. The maximum atomic E-state index is 13.8. The predicted molar refractivity (Wildman–Crippen MR) is 63.8 cm³/mol. The van der Waals surface area contributed by atoms with Gasteiger partial charge < -0.3 is 10.3 Å². The smallest absolute Gasteiger partial charge is 0.132 e. The third-order valence-corrected chi connectivity index (χ3v) is 3.26. The molecule has 4 heteroatoms. The second kappa shape index (κ2) is 3.96. The van der Waals surface area contributed by atoms with Crippen molar-refractivity contribution in [2.24, 2.45) is 5.73 Å². The summed E-state index contributed by atoms with van der Waals surface area (Å²) in [4.78, 5) is 4.48. The number of hydrogen-bond donors (Lipinski definition) is 1. The van der Waals surface area contributed by atoms with Crippen LogP contribution in [-0.4, -0.2) is 9.55 Å². The zero-order chi connectivity index (χ0) is 11.8. The molecule has 1 aromatic heterocycles. The molecule has 3 nitrogen and oxygen atoms in total. The number of halogens is 1. The van der Waals surface area contributed by atoms with Gasteiger partial charge >= 0.3 is 0 Å². The number of nitrogens with two attached hydrogens (primary N) is 1. The molecule has 0 fully saturated rings. The molecule has 1 aliphatic heterocycles. The summed E-state index contributed by atoms with van der Waals surface area (Å²) in [5, 5.41) is 0. The first-order valence-electron chi connectivity index (χ1n) is 5.84. The fourth-order valence-electron chi connectivity index (χ4n) is 2.48. The van der Waals surface area contributed by atoms with Crippen molar-refractivity contribution in [3.63, 3.8) is 0 Å². The van der Waals surface area contributed by atoms with Gasteiger partial charge in [0, 0.05) is 17.8 Å². The lowest BCUT2D eigenvalue weighted by atomic mass is 10.1. The predicted octanol–water partition coefficient (Wildman–Crippen LogP) is 2.09. The highest BCUT2D eigenvalue weighted by molar-refractivity contribution is 5.63. The SMILES string of the molecule is NCc1nc(-c2ccccc2F)c2n1CCC2. The number of benzene rings is 1. The minimum absolute atomic E-state index is 0.219. The van der Waals surface area contributed by atoms with Gasteiger partial charge in [0.2, 0.25) is 0 Å². The molecule has 0 amide bonds. The molecular formula is C13H14FN3. The van der Waals surface area contributed by atoms with Crippen molar-refractivity contribution >= 4 is 0 Å². The Morgan fingerprint density at radius 3 is 2.94 bits per heavy atom. The molecule has 2 aromatic rings. The Morgan fingerprint density at radius 2 is 2.18 bits per heavy atom. The van der Waals surface area contributed by atoms with Crippen molar-refractivity contribution in [1.29, 1.82) is 0 Å². The molecule has 1 aromatic carbocycles. The molecule has 0 unspecified atom stereocenters. The van der Waals surface area contributed by atoms with Crippen LogP contribution in [0.3, 0.4) is 0 Å². The molecule has 0 saturated carbocycles. The van der Waals surface area contributed by atoms with E-state index in [9.17, 15) is 4.39 Å². The number of nitrogens with zero attached hydrogens (tertiary/aromatic N) is 2. The maximum Gasteiger partial charge on any atom is 0.132 e. The van der Waals surface area contributed by atoms with Crippen LogP contribution in [0.15, 0.2) is 24.3 Å². The van der Waals surface area contributed by atoms with Gasteiger partial charge in [-0.05, 0) is 25.0 Å². The Kier molecular flexibility index (Phi) is 2.44. The van der Waals surface area contributed by atoms with Crippen LogP contribution in [0.4, 0.5) is 4.39 Å². The summed E-state index contributed by atoms with van der Waals surface area (Å²) < 4.78 is 15.9. The van der Waals surface area contributed by atoms with E-state index in [2.05, 4.69) is 9.55 Å². The Bertz CT molecular complexity index is 560. The van der Waals surface area contributed by atoms with Crippen molar-refractivity contribution < 1.29 is 4.39 Å². The van der Waals surface area contributed by atoms with Crippen LogP contribution in [0.25, 0.3) is 11.3 Å². The molecule has 0 radical (unpaired) electrons. The Morgan fingerprint density at radius 1 is 1.35 bits per heavy atom. The summed E-state index contributed by atoms with van der Waals surface area (Å²) in [7, 11) is 0. The van der Waals surface area contributed by atoms with Crippen molar-refractivity contribution in [1.82, 2.24) is 9.55 Å². The average molecular weight is 231 g/mol. The highest BCUT2D eigenvalue weighted by atomic mass is 19.1. The van der Waals surface area contributed by atoms with E-state index < -0.39 is 0 Å². The summed E-state index contributed by atoms with van der Waals surface area (Å²) in [5.74, 6) is 0.639. The van der Waals surface area contributed by atoms with Crippen molar-refractivity contribution in [3.8, 4) is 11.3 Å². The standard InChI is InChI=1S/C13H14FN3/c14-10-5-2-1-4-9(10)13-11-6-3-7-17(11)12(8-15)16-13/h1-2,4-5H,3,6-8,15H2. The van der Waals surface area contributed by atoms with Gasteiger partial charge in [-0.3, -0.25) is 0 Å². The second-order valence-electron chi connectivity index (χ2n) is 4.26. The van der Waals surface area contributed by atoms with E-state index in [-0.39, 0.29) is 5.82 Å². The van der Waals surface area contributed by atoms with Gasteiger partial charge in [0.15, 0.2) is 0 Å². The van der Waals surface area contributed by atoms with Gasteiger partial charge in [-0.25, -0.2) is 9.37 Å². The Labute approximate surface area is 99.1 Å². The van der Waals surface area contributed by atoms with E-state index >= 15 is 0 Å². The van der Waals surface area contributed by atoms with Crippen LogP contribution >= 0.6 is 0 Å². The van der Waals surface area contributed by atoms with Gasteiger partial charge in [-0.1, -0.05) is 12.1 Å². The summed E-state index contributed by atoms with van der Waals surface area (Å²) >= 11 is 0. The van der Waals surface area contributed by atoms with Crippen LogP contribution in [-0.2, 0) is 19.5 Å². The molecule has 0 spiro atoms. The van der Waals surface area contributed by atoms with Crippen LogP contribution in [0.5, 0.6) is 0 Å². The monoisotopic (exact) mass is 231 g/mol. The molecule has 0 bridgehead atoms. The fraction of sp³-hybridized carbons (Fsp3) is 0.308. The van der Waals surface area contributed by atoms with Crippen LogP contribution in [0.1, 0.15) is 17.9 Å². The highest BCUT2D eigenvalue weighted by Crippen LogP contribution is 2.30. The van der Waals surface area contributed by atoms with Crippen molar-refractivity contribution in [2.75, 3.05) is 0 Å². The second-order valence-corrected chi connectivity index (χ2v) is 4.26. The summed E-state index contributed by atoms with van der Waals surface area (Å²) in [6, 6.07) is 6.77.